The highest BCUT2D eigenvalue weighted by molar-refractivity contribution is 5.81. The molecule has 0 aromatic heterocycles. The highest BCUT2D eigenvalue weighted by Crippen LogP contribution is 2.18. The lowest BCUT2D eigenvalue weighted by Gasteiger charge is -2.34. The number of nitrogens with zero attached hydrogens (tertiary/aromatic N) is 3. The SMILES string of the molecule is C[C@@H](C(=O)N1CCCN(C2CCOCC2)CC1)N1CCCCCC1. The molecule has 3 aliphatic rings. The molecule has 138 valence electrons. The van der Waals surface area contributed by atoms with Crippen molar-refractivity contribution in [3.63, 3.8) is 0 Å². The van der Waals surface area contributed by atoms with Crippen LogP contribution in [0.25, 0.3) is 0 Å². The zero-order valence-corrected chi connectivity index (χ0v) is 15.4. The summed E-state index contributed by atoms with van der Waals surface area (Å²) in [7, 11) is 0. The van der Waals surface area contributed by atoms with E-state index in [1.165, 1.54) is 25.7 Å². The van der Waals surface area contributed by atoms with Crippen LogP contribution in [-0.2, 0) is 9.53 Å². The van der Waals surface area contributed by atoms with E-state index in [9.17, 15) is 4.79 Å². The molecular formula is C19H35N3O2. The summed E-state index contributed by atoms with van der Waals surface area (Å²) >= 11 is 0. The van der Waals surface area contributed by atoms with Crippen molar-refractivity contribution in [2.75, 3.05) is 52.5 Å². The van der Waals surface area contributed by atoms with Crippen molar-refractivity contribution in [2.45, 2.75) is 64.0 Å². The molecule has 5 nitrogen and oxygen atoms in total. The molecule has 0 radical (unpaired) electrons. The lowest BCUT2D eigenvalue weighted by atomic mass is 10.1. The Labute approximate surface area is 147 Å². The van der Waals surface area contributed by atoms with Crippen LogP contribution in [0.1, 0.15) is 51.9 Å². The minimum Gasteiger partial charge on any atom is -0.381 e. The van der Waals surface area contributed by atoms with Crippen molar-refractivity contribution < 1.29 is 9.53 Å². The number of ether oxygens (including phenoxy) is 1. The summed E-state index contributed by atoms with van der Waals surface area (Å²) in [5, 5.41) is 0. The van der Waals surface area contributed by atoms with Crippen molar-refractivity contribution in [2.24, 2.45) is 0 Å². The van der Waals surface area contributed by atoms with Gasteiger partial charge in [0, 0.05) is 45.4 Å². The van der Waals surface area contributed by atoms with Gasteiger partial charge >= 0.3 is 0 Å². The fraction of sp³-hybridized carbons (Fsp3) is 0.947. The summed E-state index contributed by atoms with van der Waals surface area (Å²) in [5.41, 5.74) is 0. The van der Waals surface area contributed by atoms with Crippen molar-refractivity contribution >= 4 is 5.91 Å². The van der Waals surface area contributed by atoms with Crippen molar-refractivity contribution in [3.05, 3.63) is 0 Å². The number of hydrogen-bond donors (Lipinski definition) is 0. The fourth-order valence-corrected chi connectivity index (χ4v) is 4.48. The molecule has 1 amide bonds. The molecule has 3 aliphatic heterocycles. The van der Waals surface area contributed by atoms with Crippen LogP contribution in [0.3, 0.4) is 0 Å². The van der Waals surface area contributed by atoms with E-state index >= 15 is 0 Å². The van der Waals surface area contributed by atoms with Crippen LogP contribution >= 0.6 is 0 Å². The second-order valence-corrected chi connectivity index (χ2v) is 7.68. The molecule has 3 saturated heterocycles. The second-order valence-electron chi connectivity index (χ2n) is 7.68. The van der Waals surface area contributed by atoms with Gasteiger partial charge in [-0.3, -0.25) is 14.6 Å². The molecule has 1 atom stereocenters. The molecular weight excluding hydrogens is 302 g/mol. The second kappa shape index (κ2) is 9.16. The Balaban J connectivity index is 1.51. The van der Waals surface area contributed by atoms with Crippen molar-refractivity contribution in [1.29, 1.82) is 0 Å². The average Bonchev–Trinajstić information content (AvgIpc) is 3.04. The first-order valence-corrected chi connectivity index (χ1v) is 10.1. The molecule has 0 spiro atoms. The predicted molar refractivity (Wildman–Crippen MR) is 96.1 cm³/mol. The Morgan fingerprint density at radius 1 is 0.875 bits per heavy atom. The largest absolute Gasteiger partial charge is 0.381 e. The molecule has 0 saturated carbocycles. The van der Waals surface area contributed by atoms with Gasteiger partial charge in [0.15, 0.2) is 0 Å². The summed E-state index contributed by atoms with van der Waals surface area (Å²) in [6.07, 6.45) is 8.54. The Morgan fingerprint density at radius 2 is 1.58 bits per heavy atom. The summed E-state index contributed by atoms with van der Waals surface area (Å²) in [6.45, 7) is 10.1. The summed E-state index contributed by atoms with van der Waals surface area (Å²) in [4.78, 5) is 20.1. The zero-order valence-electron chi connectivity index (χ0n) is 15.4. The highest BCUT2D eigenvalue weighted by atomic mass is 16.5. The van der Waals surface area contributed by atoms with Gasteiger partial charge in [-0.15, -0.1) is 0 Å². The van der Waals surface area contributed by atoms with E-state index in [4.69, 9.17) is 4.74 Å². The van der Waals surface area contributed by atoms with E-state index in [0.717, 1.165) is 71.7 Å². The Bertz CT molecular complexity index is 390. The van der Waals surface area contributed by atoms with Crippen LogP contribution in [0.4, 0.5) is 0 Å². The third-order valence-electron chi connectivity index (χ3n) is 6.10. The van der Waals surface area contributed by atoms with Gasteiger partial charge in [-0.25, -0.2) is 0 Å². The van der Waals surface area contributed by atoms with E-state index in [2.05, 4.69) is 21.6 Å². The van der Waals surface area contributed by atoms with E-state index in [0.29, 0.717) is 11.9 Å². The fourth-order valence-electron chi connectivity index (χ4n) is 4.48. The average molecular weight is 338 g/mol. The Morgan fingerprint density at radius 3 is 2.29 bits per heavy atom. The van der Waals surface area contributed by atoms with Gasteiger partial charge in [-0.2, -0.15) is 0 Å². The van der Waals surface area contributed by atoms with Gasteiger partial charge in [-0.1, -0.05) is 12.8 Å². The lowest BCUT2D eigenvalue weighted by molar-refractivity contribution is -0.136. The molecule has 24 heavy (non-hydrogen) atoms. The van der Waals surface area contributed by atoms with Crippen LogP contribution in [0.5, 0.6) is 0 Å². The minimum absolute atomic E-state index is 0.0535. The molecule has 0 aliphatic carbocycles. The topological polar surface area (TPSA) is 36.0 Å². The van der Waals surface area contributed by atoms with Crippen molar-refractivity contribution in [1.82, 2.24) is 14.7 Å². The molecule has 0 unspecified atom stereocenters. The highest BCUT2D eigenvalue weighted by Gasteiger charge is 2.29. The Kier molecular flexibility index (Phi) is 6.93. The normalized spacial score (nSPS) is 27.5. The van der Waals surface area contributed by atoms with Gasteiger partial charge in [0.2, 0.25) is 5.91 Å². The van der Waals surface area contributed by atoms with E-state index in [-0.39, 0.29) is 6.04 Å². The lowest BCUT2D eigenvalue weighted by Crippen LogP contribution is -2.49. The first kappa shape index (κ1) is 18.2. The number of carbonyl (C=O) groups excluding carboxylic acids is 1. The van der Waals surface area contributed by atoms with Crippen LogP contribution in [0.15, 0.2) is 0 Å². The monoisotopic (exact) mass is 337 g/mol. The van der Waals surface area contributed by atoms with Gasteiger partial charge in [-0.05, 0) is 52.1 Å². The van der Waals surface area contributed by atoms with Crippen LogP contribution in [0.2, 0.25) is 0 Å². The molecule has 5 heteroatoms. The van der Waals surface area contributed by atoms with Crippen LogP contribution < -0.4 is 0 Å². The molecule has 0 bridgehead atoms. The standard InChI is InChI=1S/C19H35N3O2/c1-17(20-9-4-2-3-5-10-20)19(23)22-12-6-11-21(13-14-22)18-7-15-24-16-8-18/h17-18H,2-16H2,1H3/t17-/m0/s1. The van der Waals surface area contributed by atoms with E-state index in [1.807, 2.05) is 0 Å². The van der Waals surface area contributed by atoms with Gasteiger partial charge < -0.3 is 9.64 Å². The summed E-state index contributed by atoms with van der Waals surface area (Å²) in [5.74, 6) is 0.353. The first-order valence-electron chi connectivity index (χ1n) is 10.1. The number of likely N-dealkylation sites (tertiary alicyclic amines) is 1. The van der Waals surface area contributed by atoms with Crippen LogP contribution in [-0.4, -0.2) is 85.2 Å². The third kappa shape index (κ3) is 4.70. The molecule has 0 aromatic rings. The summed E-state index contributed by atoms with van der Waals surface area (Å²) in [6, 6.07) is 0.717. The van der Waals surface area contributed by atoms with Gasteiger partial charge in [0.1, 0.15) is 0 Å². The predicted octanol–water partition coefficient (Wildman–Crippen LogP) is 1.96. The minimum atomic E-state index is 0.0535. The number of rotatable bonds is 3. The maximum Gasteiger partial charge on any atom is 0.239 e. The molecule has 3 rings (SSSR count). The van der Waals surface area contributed by atoms with E-state index in [1.54, 1.807) is 0 Å². The van der Waals surface area contributed by atoms with Gasteiger partial charge in [0.25, 0.3) is 0 Å². The zero-order chi connectivity index (χ0) is 16.8. The smallest absolute Gasteiger partial charge is 0.239 e. The number of carbonyl (C=O) groups is 1. The summed E-state index contributed by atoms with van der Waals surface area (Å²) < 4.78 is 5.49. The number of amides is 1. The number of hydrogen-bond acceptors (Lipinski definition) is 4. The van der Waals surface area contributed by atoms with E-state index < -0.39 is 0 Å². The molecule has 0 N–H and O–H groups in total. The molecule has 3 heterocycles. The Hall–Kier alpha value is -0.650. The molecule has 3 fully saturated rings. The quantitative estimate of drug-likeness (QED) is 0.789. The maximum atomic E-state index is 13.0. The van der Waals surface area contributed by atoms with Crippen LogP contribution in [0, 0.1) is 0 Å². The maximum absolute atomic E-state index is 13.0. The van der Waals surface area contributed by atoms with Gasteiger partial charge in [0.05, 0.1) is 6.04 Å². The van der Waals surface area contributed by atoms with Crippen molar-refractivity contribution in [3.8, 4) is 0 Å². The first-order chi connectivity index (χ1) is 11.8. The third-order valence-corrected chi connectivity index (χ3v) is 6.10. The molecule has 0 aromatic carbocycles.